The van der Waals surface area contributed by atoms with Gasteiger partial charge in [-0.15, -0.1) is 0 Å². The molecular weight excluding hydrogens is 279 g/mol. The van der Waals surface area contributed by atoms with E-state index in [4.69, 9.17) is 4.74 Å². The zero-order valence-electron chi connectivity index (χ0n) is 11.5. The molecule has 0 saturated carbocycles. The number of halogens is 1. The number of methoxy groups -OCH3 is 1. The fraction of sp³-hybridized carbons (Fsp3) is 0.308. The van der Waals surface area contributed by atoms with E-state index in [1.807, 2.05) is 0 Å². The molecule has 2 aromatic rings. The van der Waals surface area contributed by atoms with Crippen LogP contribution in [0.5, 0.6) is 0 Å². The van der Waals surface area contributed by atoms with Gasteiger partial charge in [0.2, 0.25) is 5.82 Å². The number of rotatable bonds is 7. The topological polar surface area (TPSA) is 82.2 Å². The Morgan fingerprint density at radius 2 is 2.29 bits per heavy atom. The number of nitrogens with zero attached hydrogens (tertiary/aromatic N) is 3. The molecule has 1 aromatic heterocycles. The van der Waals surface area contributed by atoms with E-state index in [2.05, 4.69) is 10.4 Å². The van der Waals surface area contributed by atoms with Crippen LogP contribution in [-0.2, 0) is 11.3 Å². The third-order valence-electron chi connectivity index (χ3n) is 2.83. The molecule has 0 atom stereocenters. The molecule has 0 saturated heterocycles. The number of aromatic nitrogens is 2. The van der Waals surface area contributed by atoms with E-state index in [1.54, 1.807) is 19.4 Å². The van der Waals surface area contributed by atoms with Crippen molar-refractivity contribution in [1.82, 2.24) is 15.1 Å². The van der Waals surface area contributed by atoms with Crippen molar-refractivity contribution >= 4 is 5.69 Å². The first kappa shape index (κ1) is 15.1. The van der Waals surface area contributed by atoms with E-state index in [-0.39, 0.29) is 0 Å². The first-order chi connectivity index (χ1) is 10.1. The molecule has 1 N–H and O–H groups in total. The Kier molecular flexibility index (Phi) is 4.96. The van der Waals surface area contributed by atoms with Gasteiger partial charge in [-0.3, -0.25) is 10.1 Å². The summed E-state index contributed by atoms with van der Waals surface area (Å²) in [6.07, 6.45) is 1.67. The highest BCUT2D eigenvalue weighted by atomic mass is 19.1. The second-order valence-corrected chi connectivity index (χ2v) is 4.31. The summed E-state index contributed by atoms with van der Waals surface area (Å²) in [5.41, 5.74) is 0.665. The Labute approximate surface area is 120 Å². The van der Waals surface area contributed by atoms with Gasteiger partial charge in [0.25, 0.3) is 0 Å². The molecular formula is C13H15FN4O3. The van der Waals surface area contributed by atoms with Gasteiger partial charge in [-0.2, -0.15) is 9.49 Å². The van der Waals surface area contributed by atoms with Crippen molar-refractivity contribution in [2.24, 2.45) is 0 Å². The van der Waals surface area contributed by atoms with Crippen LogP contribution in [0.2, 0.25) is 0 Å². The van der Waals surface area contributed by atoms with Crippen molar-refractivity contribution in [3.05, 3.63) is 52.1 Å². The van der Waals surface area contributed by atoms with Crippen LogP contribution in [0.1, 0.15) is 5.69 Å². The molecule has 0 aliphatic rings. The van der Waals surface area contributed by atoms with Crippen molar-refractivity contribution in [2.75, 3.05) is 20.3 Å². The minimum atomic E-state index is -0.882. The van der Waals surface area contributed by atoms with E-state index in [1.165, 1.54) is 10.7 Å². The largest absolute Gasteiger partial charge is 0.383 e. The number of ether oxygens (including phenoxy) is 1. The van der Waals surface area contributed by atoms with Crippen molar-refractivity contribution in [3.63, 3.8) is 0 Å². The number of nitro benzene ring substituents is 1. The molecule has 8 heteroatoms. The molecule has 0 fully saturated rings. The van der Waals surface area contributed by atoms with Crippen LogP contribution < -0.4 is 5.32 Å². The Hall–Kier alpha value is -2.32. The first-order valence-electron chi connectivity index (χ1n) is 6.30. The highest BCUT2D eigenvalue weighted by Crippen LogP contribution is 2.20. The van der Waals surface area contributed by atoms with E-state index >= 15 is 0 Å². The van der Waals surface area contributed by atoms with E-state index in [0.717, 1.165) is 17.8 Å². The lowest BCUT2D eigenvalue weighted by atomic mass is 10.3. The first-order valence-corrected chi connectivity index (χ1v) is 6.30. The Morgan fingerprint density at radius 1 is 1.48 bits per heavy atom. The average molecular weight is 294 g/mol. The van der Waals surface area contributed by atoms with Crippen LogP contribution in [0.4, 0.5) is 10.1 Å². The second-order valence-electron chi connectivity index (χ2n) is 4.31. The van der Waals surface area contributed by atoms with Crippen molar-refractivity contribution in [2.45, 2.75) is 6.54 Å². The molecule has 21 heavy (non-hydrogen) atoms. The van der Waals surface area contributed by atoms with Crippen LogP contribution in [-0.4, -0.2) is 35.0 Å². The third-order valence-corrected chi connectivity index (χ3v) is 2.83. The Bertz CT molecular complexity index is 630. The van der Waals surface area contributed by atoms with Crippen LogP contribution in [0.25, 0.3) is 5.69 Å². The normalized spacial score (nSPS) is 10.8. The zero-order chi connectivity index (χ0) is 15.2. The number of benzene rings is 1. The van der Waals surface area contributed by atoms with Gasteiger partial charge in [-0.25, -0.2) is 4.68 Å². The molecule has 2 rings (SSSR count). The third kappa shape index (κ3) is 3.83. The fourth-order valence-corrected chi connectivity index (χ4v) is 1.78. The number of hydrogen-bond acceptors (Lipinski definition) is 5. The SMILES string of the molecule is COCCNCc1ccn(-c2ccc([N+](=O)[O-])c(F)c2)n1. The second kappa shape index (κ2) is 6.91. The van der Waals surface area contributed by atoms with Gasteiger partial charge in [0.1, 0.15) is 0 Å². The summed E-state index contributed by atoms with van der Waals surface area (Å²) in [5.74, 6) is -0.882. The minimum absolute atomic E-state index is 0.432. The fourth-order valence-electron chi connectivity index (χ4n) is 1.78. The van der Waals surface area contributed by atoms with Crippen LogP contribution in [0, 0.1) is 15.9 Å². The maximum atomic E-state index is 13.6. The van der Waals surface area contributed by atoms with Crippen molar-refractivity contribution in [3.8, 4) is 5.69 Å². The molecule has 0 radical (unpaired) electrons. The molecule has 0 aliphatic carbocycles. The van der Waals surface area contributed by atoms with Crippen LogP contribution in [0.15, 0.2) is 30.5 Å². The Morgan fingerprint density at radius 3 is 2.95 bits per heavy atom. The van der Waals surface area contributed by atoms with Gasteiger partial charge in [0.15, 0.2) is 0 Å². The van der Waals surface area contributed by atoms with Gasteiger partial charge >= 0.3 is 5.69 Å². The van der Waals surface area contributed by atoms with E-state index in [9.17, 15) is 14.5 Å². The summed E-state index contributed by atoms with van der Waals surface area (Å²) in [7, 11) is 1.62. The van der Waals surface area contributed by atoms with E-state index in [0.29, 0.717) is 25.4 Å². The standard InChI is InChI=1S/C13H15FN4O3/c1-21-7-5-15-9-10-4-6-17(16-10)11-2-3-13(18(19)20)12(14)8-11/h2-4,6,8,15H,5,7,9H2,1H3. The summed E-state index contributed by atoms with van der Waals surface area (Å²) in [4.78, 5) is 9.81. The molecule has 0 bridgehead atoms. The molecule has 1 heterocycles. The van der Waals surface area contributed by atoms with Gasteiger partial charge in [0, 0.05) is 38.5 Å². The smallest absolute Gasteiger partial charge is 0.304 e. The van der Waals surface area contributed by atoms with E-state index < -0.39 is 16.4 Å². The van der Waals surface area contributed by atoms with Crippen LogP contribution in [0.3, 0.4) is 0 Å². The lowest BCUT2D eigenvalue weighted by Gasteiger charge is -2.03. The predicted octanol–water partition coefficient (Wildman–Crippen LogP) is 1.66. The summed E-state index contributed by atoms with van der Waals surface area (Å²) >= 11 is 0. The maximum Gasteiger partial charge on any atom is 0.304 e. The Balaban J connectivity index is 2.07. The van der Waals surface area contributed by atoms with Crippen molar-refractivity contribution < 1.29 is 14.1 Å². The average Bonchev–Trinajstić information content (AvgIpc) is 2.92. The number of nitro groups is 1. The molecule has 0 aliphatic heterocycles. The summed E-state index contributed by atoms with van der Waals surface area (Å²) in [5, 5.41) is 18.0. The molecule has 1 aromatic carbocycles. The van der Waals surface area contributed by atoms with Gasteiger partial charge < -0.3 is 10.1 Å². The quantitative estimate of drug-likeness (QED) is 0.477. The molecule has 0 amide bonds. The van der Waals surface area contributed by atoms with Gasteiger partial charge in [-0.05, 0) is 12.1 Å². The number of nitrogens with one attached hydrogen (secondary N) is 1. The highest BCUT2D eigenvalue weighted by Gasteiger charge is 2.14. The number of hydrogen-bond donors (Lipinski definition) is 1. The van der Waals surface area contributed by atoms with Crippen molar-refractivity contribution in [1.29, 1.82) is 0 Å². The van der Waals surface area contributed by atoms with Gasteiger partial charge in [0.05, 0.1) is 22.9 Å². The summed E-state index contributed by atoms with van der Waals surface area (Å²) < 4.78 is 20.0. The maximum absolute atomic E-state index is 13.6. The predicted molar refractivity (Wildman–Crippen MR) is 73.8 cm³/mol. The zero-order valence-corrected chi connectivity index (χ0v) is 11.5. The molecule has 0 unspecified atom stereocenters. The minimum Gasteiger partial charge on any atom is -0.383 e. The van der Waals surface area contributed by atoms with Gasteiger partial charge in [-0.1, -0.05) is 0 Å². The van der Waals surface area contributed by atoms with Crippen LogP contribution >= 0.6 is 0 Å². The lowest BCUT2D eigenvalue weighted by Crippen LogP contribution is -2.18. The monoisotopic (exact) mass is 294 g/mol. The molecule has 7 nitrogen and oxygen atoms in total. The molecule has 112 valence electrons. The summed E-state index contributed by atoms with van der Waals surface area (Å²) in [6.45, 7) is 1.87. The lowest BCUT2D eigenvalue weighted by molar-refractivity contribution is -0.387. The highest BCUT2D eigenvalue weighted by molar-refractivity contribution is 5.41. The summed E-state index contributed by atoms with van der Waals surface area (Å²) in [6, 6.07) is 5.46. The molecule has 0 spiro atoms.